The SMILES string of the molecule is COC(=O)c1ccc2c(c1)N(C(C)=O)C(=O)/C2=C(\Nc1ccc(C(=O)O)cc1)c1ccccc1.O=C(O)C(F)(F)F. The van der Waals surface area contributed by atoms with Gasteiger partial charge in [-0.3, -0.25) is 9.59 Å². The fourth-order valence-corrected chi connectivity index (χ4v) is 3.79. The average Bonchev–Trinajstić information content (AvgIpc) is 3.22. The number of aromatic carboxylic acids is 1. The number of carbonyl (C=O) groups is 5. The summed E-state index contributed by atoms with van der Waals surface area (Å²) in [4.78, 5) is 59.1. The number of esters is 1. The fraction of sp³-hybridized carbons (Fsp3) is 0.107. The first-order chi connectivity index (χ1) is 19.3. The van der Waals surface area contributed by atoms with Crippen molar-refractivity contribution in [1.82, 2.24) is 0 Å². The number of carboxylic acid groups (broad SMARTS) is 2. The van der Waals surface area contributed by atoms with Crippen LogP contribution in [-0.4, -0.2) is 53.2 Å². The third kappa shape index (κ3) is 6.76. The zero-order valence-corrected chi connectivity index (χ0v) is 21.4. The maximum absolute atomic E-state index is 13.5. The van der Waals surface area contributed by atoms with Crippen LogP contribution in [0.15, 0.2) is 72.8 Å². The van der Waals surface area contributed by atoms with Crippen LogP contribution in [0, 0.1) is 0 Å². The van der Waals surface area contributed by atoms with E-state index >= 15 is 0 Å². The van der Waals surface area contributed by atoms with Crippen LogP contribution in [0.25, 0.3) is 11.3 Å². The van der Waals surface area contributed by atoms with Crippen LogP contribution in [0.5, 0.6) is 0 Å². The molecule has 3 aromatic carbocycles. The summed E-state index contributed by atoms with van der Waals surface area (Å²) >= 11 is 0. The second-order valence-corrected chi connectivity index (χ2v) is 8.31. The van der Waals surface area contributed by atoms with E-state index in [1.807, 2.05) is 30.3 Å². The van der Waals surface area contributed by atoms with Crippen molar-refractivity contribution < 1.29 is 52.1 Å². The molecule has 13 heteroatoms. The largest absolute Gasteiger partial charge is 0.490 e. The molecule has 0 aromatic heterocycles. The maximum atomic E-state index is 13.5. The highest BCUT2D eigenvalue weighted by atomic mass is 19.4. The number of alkyl halides is 3. The molecule has 0 fully saturated rings. The number of nitrogens with one attached hydrogen (secondary N) is 1. The Morgan fingerprint density at radius 1 is 0.854 bits per heavy atom. The summed E-state index contributed by atoms with van der Waals surface area (Å²) in [5.41, 5.74) is 3.01. The third-order valence-corrected chi connectivity index (χ3v) is 5.62. The lowest BCUT2D eigenvalue weighted by Gasteiger charge is -2.16. The third-order valence-electron chi connectivity index (χ3n) is 5.62. The van der Waals surface area contributed by atoms with Gasteiger partial charge in [0.25, 0.3) is 5.91 Å². The van der Waals surface area contributed by atoms with Gasteiger partial charge in [0.05, 0.1) is 35.2 Å². The molecule has 1 heterocycles. The molecule has 0 aliphatic carbocycles. The Balaban J connectivity index is 0.000000587. The number of benzene rings is 3. The lowest BCUT2D eigenvalue weighted by atomic mass is 9.99. The minimum absolute atomic E-state index is 0.125. The van der Waals surface area contributed by atoms with Crippen molar-refractivity contribution in [3.05, 3.63) is 95.1 Å². The molecule has 1 aliphatic rings. The van der Waals surface area contributed by atoms with Crippen LogP contribution in [0.3, 0.4) is 0 Å². The minimum atomic E-state index is -5.08. The van der Waals surface area contributed by atoms with E-state index in [1.54, 1.807) is 18.2 Å². The Morgan fingerprint density at radius 3 is 1.90 bits per heavy atom. The lowest BCUT2D eigenvalue weighted by Crippen LogP contribution is -2.31. The molecule has 3 N–H and O–H groups in total. The molecule has 2 amide bonds. The Morgan fingerprint density at radius 2 is 1.41 bits per heavy atom. The molecular weight excluding hydrogens is 549 g/mol. The molecule has 0 atom stereocenters. The Hall–Kier alpha value is -5.46. The molecule has 41 heavy (non-hydrogen) atoms. The Kier molecular flexibility index (Phi) is 8.92. The number of carbonyl (C=O) groups excluding carboxylic acids is 3. The van der Waals surface area contributed by atoms with E-state index in [1.165, 1.54) is 38.3 Å². The number of amides is 2. The van der Waals surface area contributed by atoms with Gasteiger partial charge in [-0.05, 0) is 42.0 Å². The van der Waals surface area contributed by atoms with Crippen LogP contribution in [0.4, 0.5) is 24.5 Å². The molecule has 0 unspecified atom stereocenters. The van der Waals surface area contributed by atoms with Gasteiger partial charge in [0.15, 0.2) is 0 Å². The van der Waals surface area contributed by atoms with Crippen molar-refractivity contribution in [2.24, 2.45) is 0 Å². The monoisotopic (exact) mass is 570 g/mol. The van der Waals surface area contributed by atoms with Gasteiger partial charge in [-0.1, -0.05) is 36.4 Å². The first-order valence-corrected chi connectivity index (χ1v) is 11.5. The Bertz CT molecular complexity index is 1550. The molecule has 0 saturated heterocycles. The smallest absolute Gasteiger partial charge is 0.478 e. The number of halogens is 3. The number of anilines is 2. The second kappa shape index (κ2) is 12.2. The molecule has 0 bridgehead atoms. The predicted octanol–water partition coefficient (Wildman–Crippen LogP) is 4.68. The number of hydrogen-bond donors (Lipinski definition) is 3. The van der Waals surface area contributed by atoms with E-state index in [0.717, 1.165) is 4.90 Å². The first kappa shape index (κ1) is 30.1. The molecule has 0 saturated carbocycles. The van der Waals surface area contributed by atoms with Crippen LogP contribution < -0.4 is 10.2 Å². The number of rotatable bonds is 5. The summed E-state index contributed by atoms with van der Waals surface area (Å²) in [6, 6.07) is 19.8. The molecule has 4 rings (SSSR count). The fourth-order valence-electron chi connectivity index (χ4n) is 3.79. The molecule has 10 nitrogen and oxygen atoms in total. The van der Waals surface area contributed by atoms with Crippen molar-refractivity contribution in [2.75, 3.05) is 17.3 Å². The quantitative estimate of drug-likeness (QED) is 0.294. The van der Waals surface area contributed by atoms with E-state index < -0.39 is 35.9 Å². The summed E-state index contributed by atoms with van der Waals surface area (Å²) in [5.74, 6) is -5.44. The van der Waals surface area contributed by atoms with Crippen LogP contribution in [0.2, 0.25) is 0 Å². The zero-order chi connectivity index (χ0) is 30.5. The van der Waals surface area contributed by atoms with Gasteiger partial charge >= 0.3 is 24.1 Å². The highest BCUT2D eigenvalue weighted by Gasteiger charge is 2.39. The number of imide groups is 1. The van der Waals surface area contributed by atoms with Crippen molar-refractivity contribution in [3.8, 4) is 0 Å². The van der Waals surface area contributed by atoms with Crippen molar-refractivity contribution >= 4 is 52.4 Å². The van der Waals surface area contributed by atoms with Crippen LogP contribution in [-0.2, 0) is 19.1 Å². The minimum Gasteiger partial charge on any atom is -0.478 e. The van der Waals surface area contributed by atoms with Crippen LogP contribution >= 0.6 is 0 Å². The first-order valence-electron chi connectivity index (χ1n) is 11.5. The van der Waals surface area contributed by atoms with E-state index in [4.69, 9.17) is 19.7 Å². The number of methoxy groups -OCH3 is 1. The lowest BCUT2D eigenvalue weighted by molar-refractivity contribution is -0.192. The summed E-state index contributed by atoms with van der Waals surface area (Å²) in [7, 11) is 1.25. The zero-order valence-electron chi connectivity index (χ0n) is 21.4. The second-order valence-electron chi connectivity index (χ2n) is 8.31. The highest BCUT2D eigenvalue weighted by Crippen LogP contribution is 2.42. The average molecular weight is 570 g/mol. The van der Waals surface area contributed by atoms with Crippen LogP contribution in [0.1, 0.15) is 38.8 Å². The molecule has 0 spiro atoms. The number of hydrogen-bond acceptors (Lipinski definition) is 7. The number of nitrogens with zero attached hydrogens (tertiary/aromatic N) is 1. The molecule has 212 valence electrons. The van der Waals surface area contributed by atoms with E-state index in [0.29, 0.717) is 22.5 Å². The van der Waals surface area contributed by atoms with E-state index in [9.17, 15) is 32.3 Å². The van der Waals surface area contributed by atoms with Gasteiger partial charge in [0, 0.05) is 18.2 Å². The summed E-state index contributed by atoms with van der Waals surface area (Å²) < 4.78 is 36.5. The van der Waals surface area contributed by atoms with Crippen molar-refractivity contribution in [3.63, 3.8) is 0 Å². The molecule has 3 aromatic rings. The van der Waals surface area contributed by atoms with Gasteiger partial charge in [-0.2, -0.15) is 13.2 Å². The number of carboxylic acids is 2. The highest BCUT2D eigenvalue weighted by molar-refractivity contribution is 6.43. The van der Waals surface area contributed by atoms with Crippen molar-refractivity contribution in [2.45, 2.75) is 13.1 Å². The summed E-state index contributed by atoms with van der Waals surface area (Å²) in [5, 5.41) is 19.5. The van der Waals surface area contributed by atoms with Crippen molar-refractivity contribution in [1.29, 1.82) is 0 Å². The molecule has 0 radical (unpaired) electrons. The van der Waals surface area contributed by atoms with E-state index in [2.05, 4.69) is 5.32 Å². The standard InChI is InChI=1S/C26H20N2O6.C2HF3O2/c1-15(29)28-21-14-18(26(33)34-2)10-13-20(21)22(24(28)30)23(16-6-4-3-5-7-16)27-19-11-8-17(9-12-19)25(31)32;3-2(4,5)1(6)7/h3-14,27H,1-2H3,(H,31,32);(H,6,7)/b23-22-;. The summed E-state index contributed by atoms with van der Waals surface area (Å²) in [6.07, 6.45) is -5.08. The predicted molar refractivity (Wildman–Crippen MR) is 140 cm³/mol. The topological polar surface area (TPSA) is 150 Å². The van der Waals surface area contributed by atoms with Gasteiger partial charge < -0.3 is 20.3 Å². The molecule has 1 aliphatic heterocycles. The maximum Gasteiger partial charge on any atom is 0.490 e. The number of fused-ring (bicyclic) bond motifs is 1. The van der Waals surface area contributed by atoms with Gasteiger partial charge in [0.2, 0.25) is 5.91 Å². The van der Waals surface area contributed by atoms with Gasteiger partial charge in [-0.25, -0.2) is 19.3 Å². The van der Waals surface area contributed by atoms with Gasteiger partial charge in [-0.15, -0.1) is 0 Å². The number of ether oxygens (including phenoxy) is 1. The van der Waals surface area contributed by atoms with Gasteiger partial charge in [0.1, 0.15) is 0 Å². The van der Waals surface area contributed by atoms with E-state index in [-0.39, 0.29) is 22.4 Å². The normalized spacial score (nSPS) is 13.4. The number of aliphatic carboxylic acids is 1. The Labute approximate surface area is 230 Å². The summed E-state index contributed by atoms with van der Waals surface area (Å²) in [6.45, 7) is 1.27. The molecular formula is C28H21F3N2O8.